The molecule has 4 aromatic carbocycles. The van der Waals surface area contributed by atoms with E-state index in [0.29, 0.717) is 32.6 Å². The molecule has 1 heterocycles. The van der Waals surface area contributed by atoms with Crippen LogP contribution in [0.3, 0.4) is 0 Å². The summed E-state index contributed by atoms with van der Waals surface area (Å²) in [5.41, 5.74) is 1.58. The summed E-state index contributed by atoms with van der Waals surface area (Å²) in [7, 11) is 0. The van der Waals surface area contributed by atoms with Crippen LogP contribution in [0.25, 0.3) is 10.8 Å². The van der Waals surface area contributed by atoms with Crippen LogP contribution in [0.5, 0.6) is 5.75 Å². The molecular formula is C33H33F3N2O2. The molecule has 1 saturated heterocycles. The van der Waals surface area contributed by atoms with Crippen molar-refractivity contribution in [2.24, 2.45) is 11.8 Å². The number of carbonyl (C=O) groups excluding carboxylic acids is 1. The summed E-state index contributed by atoms with van der Waals surface area (Å²) in [5, 5.41) is 5.43. The molecule has 0 aliphatic carbocycles. The lowest BCUT2D eigenvalue weighted by molar-refractivity contribution is -0.137. The van der Waals surface area contributed by atoms with Crippen molar-refractivity contribution in [3.05, 3.63) is 114 Å². The lowest BCUT2D eigenvalue weighted by Crippen LogP contribution is -2.47. The van der Waals surface area contributed by atoms with E-state index in [0.717, 1.165) is 35.1 Å². The van der Waals surface area contributed by atoms with Crippen LogP contribution in [-0.2, 0) is 23.9 Å². The SMILES string of the molecule is O=C(NCCc1ccccc1)[C@@H]1C[C@H](COc2cccc(C(F)(F)F)c2)CN(Cc2ccc3ccccc3c2)C1. The normalized spacial score (nSPS) is 18.0. The van der Waals surface area contributed by atoms with E-state index in [1.165, 1.54) is 11.5 Å². The van der Waals surface area contributed by atoms with Crippen LogP contribution in [0, 0.1) is 11.8 Å². The minimum Gasteiger partial charge on any atom is -0.493 e. The number of ether oxygens (including phenoxy) is 1. The van der Waals surface area contributed by atoms with Crippen LogP contribution < -0.4 is 10.1 Å². The second-order valence-electron chi connectivity index (χ2n) is 10.5. The van der Waals surface area contributed by atoms with E-state index >= 15 is 0 Å². The fourth-order valence-electron chi connectivity index (χ4n) is 5.43. The highest BCUT2D eigenvalue weighted by Crippen LogP contribution is 2.32. The van der Waals surface area contributed by atoms with E-state index in [1.807, 2.05) is 42.5 Å². The Labute approximate surface area is 232 Å². The summed E-state index contributed by atoms with van der Waals surface area (Å²) < 4.78 is 45.3. The summed E-state index contributed by atoms with van der Waals surface area (Å²) in [4.78, 5) is 15.5. The topological polar surface area (TPSA) is 41.6 Å². The Morgan fingerprint density at radius 3 is 2.42 bits per heavy atom. The van der Waals surface area contributed by atoms with Crippen LogP contribution >= 0.6 is 0 Å². The molecule has 4 nitrogen and oxygen atoms in total. The van der Waals surface area contributed by atoms with Crippen LogP contribution in [0.2, 0.25) is 0 Å². The highest BCUT2D eigenvalue weighted by molar-refractivity contribution is 5.83. The van der Waals surface area contributed by atoms with E-state index < -0.39 is 11.7 Å². The van der Waals surface area contributed by atoms with Gasteiger partial charge in [-0.1, -0.05) is 72.8 Å². The first-order valence-corrected chi connectivity index (χ1v) is 13.7. The Kier molecular flexibility index (Phi) is 8.70. The molecule has 0 saturated carbocycles. The minimum atomic E-state index is -4.43. The van der Waals surface area contributed by atoms with Crippen molar-refractivity contribution in [1.82, 2.24) is 10.2 Å². The molecule has 7 heteroatoms. The molecule has 5 rings (SSSR count). The quantitative estimate of drug-likeness (QED) is 0.253. The van der Waals surface area contributed by atoms with Gasteiger partial charge in [0.15, 0.2) is 0 Å². The van der Waals surface area contributed by atoms with E-state index in [4.69, 9.17) is 4.74 Å². The van der Waals surface area contributed by atoms with Gasteiger partial charge in [0.1, 0.15) is 5.75 Å². The van der Waals surface area contributed by atoms with Crippen molar-refractivity contribution in [3.63, 3.8) is 0 Å². The Hall–Kier alpha value is -3.84. The Balaban J connectivity index is 1.26. The predicted molar refractivity (Wildman–Crippen MR) is 151 cm³/mol. The molecule has 1 fully saturated rings. The first kappa shape index (κ1) is 27.7. The summed E-state index contributed by atoms with van der Waals surface area (Å²) in [6.07, 6.45) is -3.06. The van der Waals surface area contributed by atoms with Gasteiger partial charge in [-0.3, -0.25) is 9.69 Å². The van der Waals surface area contributed by atoms with Gasteiger partial charge in [-0.15, -0.1) is 0 Å². The van der Waals surface area contributed by atoms with Crippen molar-refractivity contribution in [2.75, 3.05) is 26.2 Å². The standard InChI is InChI=1S/C33H33F3N2O2/c34-33(35,36)30-11-6-12-31(19-30)40-23-26-18-29(32(39)37-16-15-24-7-2-1-3-8-24)22-38(21-26)20-25-13-14-27-9-4-5-10-28(27)17-25/h1-14,17,19,26,29H,15-16,18,20-23H2,(H,37,39)/t26-,29+/m0/s1. The van der Waals surface area contributed by atoms with Gasteiger partial charge in [-0.2, -0.15) is 13.2 Å². The van der Waals surface area contributed by atoms with E-state index in [-0.39, 0.29) is 30.1 Å². The number of alkyl halides is 3. The molecule has 1 aliphatic rings. The monoisotopic (exact) mass is 546 g/mol. The van der Waals surface area contributed by atoms with Crippen molar-refractivity contribution in [2.45, 2.75) is 25.6 Å². The van der Waals surface area contributed by atoms with Crippen LogP contribution in [0.4, 0.5) is 13.2 Å². The molecule has 1 aliphatic heterocycles. The van der Waals surface area contributed by atoms with Gasteiger partial charge in [-0.25, -0.2) is 0 Å². The maximum Gasteiger partial charge on any atom is 0.416 e. The Morgan fingerprint density at radius 2 is 1.62 bits per heavy atom. The number of piperidine rings is 1. The molecule has 208 valence electrons. The van der Waals surface area contributed by atoms with Gasteiger partial charge in [0.05, 0.1) is 18.1 Å². The van der Waals surface area contributed by atoms with Crippen molar-refractivity contribution >= 4 is 16.7 Å². The fraction of sp³-hybridized carbons (Fsp3) is 0.303. The number of carbonyl (C=O) groups is 1. The number of fused-ring (bicyclic) bond motifs is 1. The molecule has 0 bridgehead atoms. The lowest BCUT2D eigenvalue weighted by Gasteiger charge is -2.37. The Morgan fingerprint density at radius 1 is 0.850 bits per heavy atom. The van der Waals surface area contributed by atoms with Crippen LogP contribution in [-0.4, -0.2) is 37.0 Å². The molecule has 40 heavy (non-hydrogen) atoms. The average molecular weight is 547 g/mol. The number of amides is 1. The number of hydrogen-bond acceptors (Lipinski definition) is 3. The molecule has 0 radical (unpaired) electrons. The maximum atomic E-state index is 13.2. The summed E-state index contributed by atoms with van der Waals surface area (Å²) >= 11 is 0. The highest BCUT2D eigenvalue weighted by atomic mass is 19.4. The van der Waals surface area contributed by atoms with Crippen LogP contribution in [0.15, 0.2) is 97.1 Å². The third kappa shape index (κ3) is 7.42. The average Bonchev–Trinajstić information content (AvgIpc) is 2.96. The van der Waals surface area contributed by atoms with E-state index in [9.17, 15) is 18.0 Å². The number of hydrogen-bond donors (Lipinski definition) is 1. The molecule has 0 spiro atoms. The first-order chi connectivity index (χ1) is 19.3. The van der Waals surface area contributed by atoms with Crippen molar-refractivity contribution < 1.29 is 22.7 Å². The van der Waals surface area contributed by atoms with Crippen molar-refractivity contribution in [3.8, 4) is 5.75 Å². The molecular weight excluding hydrogens is 513 g/mol. The van der Waals surface area contributed by atoms with Gasteiger partial charge in [0.25, 0.3) is 0 Å². The molecule has 4 aromatic rings. The molecule has 0 aromatic heterocycles. The molecule has 1 amide bonds. The number of nitrogens with one attached hydrogen (secondary N) is 1. The highest BCUT2D eigenvalue weighted by Gasteiger charge is 2.33. The smallest absolute Gasteiger partial charge is 0.416 e. The second-order valence-corrected chi connectivity index (χ2v) is 10.5. The zero-order valence-corrected chi connectivity index (χ0v) is 22.2. The minimum absolute atomic E-state index is 0.00297. The van der Waals surface area contributed by atoms with Gasteiger partial charge < -0.3 is 10.1 Å². The van der Waals surface area contributed by atoms with Crippen LogP contribution in [0.1, 0.15) is 23.1 Å². The predicted octanol–water partition coefficient (Wildman–Crippen LogP) is 6.73. The summed E-state index contributed by atoms with van der Waals surface area (Å²) in [5.74, 6) is -0.0535. The molecule has 2 atom stereocenters. The first-order valence-electron chi connectivity index (χ1n) is 13.7. The van der Waals surface area contributed by atoms with Crippen molar-refractivity contribution in [1.29, 1.82) is 0 Å². The number of nitrogens with zero attached hydrogens (tertiary/aromatic N) is 1. The van der Waals surface area contributed by atoms with Gasteiger partial charge in [0, 0.05) is 32.1 Å². The third-order valence-electron chi connectivity index (χ3n) is 7.41. The number of likely N-dealkylation sites (tertiary alicyclic amines) is 1. The van der Waals surface area contributed by atoms with Gasteiger partial charge in [0.2, 0.25) is 5.91 Å². The third-order valence-corrected chi connectivity index (χ3v) is 7.41. The second kappa shape index (κ2) is 12.6. The number of benzene rings is 4. The van der Waals surface area contributed by atoms with Gasteiger partial charge >= 0.3 is 6.18 Å². The summed E-state index contributed by atoms with van der Waals surface area (Å²) in [6, 6.07) is 29.6. The molecule has 1 N–H and O–H groups in total. The molecule has 0 unspecified atom stereocenters. The maximum absolute atomic E-state index is 13.2. The number of rotatable bonds is 9. The largest absolute Gasteiger partial charge is 0.493 e. The van der Waals surface area contributed by atoms with E-state index in [2.05, 4.69) is 40.5 Å². The fourth-order valence-corrected chi connectivity index (χ4v) is 5.43. The summed E-state index contributed by atoms with van der Waals surface area (Å²) in [6.45, 7) is 2.78. The Bertz CT molecular complexity index is 1420. The number of halogens is 3. The van der Waals surface area contributed by atoms with E-state index in [1.54, 1.807) is 6.07 Å². The van der Waals surface area contributed by atoms with Gasteiger partial charge in [-0.05, 0) is 59.0 Å². The zero-order valence-electron chi connectivity index (χ0n) is 22.2. The zero-order chi connectivity index (χ0) is 28.0. The lowest BCUT2D eigenvalue weighted by atomic mass is 9.88.